The molecule has 4 heteroatoms. The van der Waals surface area contributed by atoms with Crippen LogP contribution in [0.5, 0.6) is 0 Å². The summed E-state index contributed by atoms with van der Waals surface area (Å²) in [6, 6.07) is 0. The van der Waals surface area contributed by atoms with E-state index >= 15 is 0 Å². The molecule has 0 spiro atoms. The molecule has 0 aliphatic rings. The molecule has 0 heterocycles. The maximum atomic E-state index is 10.1. The van der Waals surface area contributed by atoms with Crippen molar-refractivity contribution in [1.29, 1.82) is 0 Å². The first-order valence-electron chi connectivity index (χ1n) is 6.56. The Balaban J connectivity index is 4.33. The van der Waals surface area contributed by atoms with Crippen LogP contribution in [0.3, 0.4) is 0 Å². The van der Waals surface area contributed by atoms with Crippen LogP contribution in [0.2, 0.25) is 0 Å². The number of rotatable bonds is 8. The van der Waals surface area contributed by atoms with Gasteiger partial charge in [-0.15, -0.1) is 6.58 Å². The molecule has 4 nitrogen and oxygen atoms in total. The quantitative estimate of drug-likeness (QED) is 0.505. The maximum Gasteiger partial charge on any atom is 0.0849 e. The van der Waals surface area contributed by atoms with Gasteiger partial charge in [0.25, 0.3) is 0 Å². The van der Waals surface area contributed by atoms with E-state index in [1.165, 1.54) is 19.9 Å². The minimum atomic E-state index is -1.17. The highest BCUT2D eigenvalue weighted by atomic mass is 16.3. The van der Waals surface area contributed by atoms with Gasteiger partial charge in [0, 0.05) is 0 Å². The molecule has 0 radical (unpaired) electrons. The summed E-state index contributed by atoms with van der Waals surface area (Å²) in [5, 5.41) is 39.1. The molecule has 112 valence electrons. The van der Waals surface area contributed by atoms with Crippen LogP contribution in [0.15, 0.2) is 24.8 Å². The highest BCUT2D eigenvalue weighted by molar-refractivity contribution is 5.04. The van der Waals surface area contributed by atoms with Gasteiger partial charge in [-0.05, 0) is 47.0 Å². The van der Waals surface area contributed by atoms with E-state index in [1.807, 2.05) is 0 Å². The largest absolute Gasteiger partial charge is 0.390 e. The fourth-order valence-electron chi connectivity index (χ4n) is 1.50. The zero-order valence-electron chi connectivity index (χ0n) is 12.4. The first-order valence-corrected chi connectivity index (χ1v) is 6.56. The number of hydrogen-bond acceptors (Lipinski definition) is 4. The van der Waals surface area contributed by atoms with Crippen LogP contribution in [-0.4, -0.2) is 43.3 Å². The van der Waals surface area contributed by atoms with Gasteiger partial charge in [0.1, 0.15) is 0 Å². The van der Waals surface area contributed by atoms with Crippen LogP contribution in [0.1, 0.15) is 47.0 Å². The van der Waals surface area contributed by atoms with Crippen molar-refractivity contribution in [3.8, 4) is 0 Å². The Morgan fingerprint density at radius 2 is 1.58 bits per heavy atom. The molecule has 0 saturated carbocycles. The van der Waals surface area contributed by atoms with Crippen LogP contribution in [0.25, 0.3) is 0 Å². The van der Waals surface area contributed by atoms with Gasteiger partial charge in [-0.25, -0.2) is 0 Å². The summed E-state index contributed by atoms with van der Waals surface area (Å²) in [4.78, 5) is 0. The van der Waals surface area contributed by atoms with Gasteiger partial charge >= 0.3 is 0 Å². The van der Waals surface area contributed by atoms with Crippen LogP contribution in [-0.2, 0) is 0 Å². The van der Waals surface area contributed by atoms with Gasteiger partial charge in [0.15, 0.2) is 0 Å². The second kappa shape index (κ2) is 6.66. The molecular formula is C15H28O4. The second-order valence-corrected chi connectivity index (χ2v) is 6.23. The van der Waals surface area contributed by atoms with E-state index in [9.17, 15) is 20.4 Å². The molecule has 0 rings (SSSR count). The topological polar surface area (TPSA) is 80.9 Å². The van der Waals surface area contributed by atoms with Crippen molar-refractivity contribution in [3.05, 3.63) is 24.8 Å². The van der Waals surface area contributed by atoms with E-state index in [4.69, 9.17) is 0 Å². The van der Waals surface area contributed by atoms with E-state index in [1.54, 1.807) is 26.0 Å². The lowest BCUT2D eigenvalue weighted by Crippen LogP contribution is -2.37. The summed E-state index contributed by atoms with van der Waals surface area (Å²) in [5.74, 6) is 0. The van der Waals surface area contributed by atoms with Crippen molar-refractivity contribution in [3.63, 3.8) is 0 Å². The molecule has 0 aromatic carbocycles. The van der Waals surface area contributed by atoms with Crippen LogP contribution in [0.4, 0.5) is 0 Å². The van der Waals surface area contributed by atoms with Gasteiger partial charge in [-0.3, -0.25) is 0 Å². The standard InChI is InChI=1S/C15H28O4/c1-6-14(4,18)9-7-10-15(5,19)11-8-12(16)13(2,3)17/h6-7,10,12,16-19H,1,8-9,11H2,2-5H3. The molecule has 0 fully saturated rings. The van der Waals surface area contributed by atoms with E-state index in [-0.39, 0.29) is 0 Å². The van der Waals surface area contributed by atoms with Crippen LogP contribution < -0.4 is 0 Å². The number of hydrogen-bond donors (Lipinski definition) is 4. The first-order chi connectivity index (χ1) is 8.40. The fourth-order valence-corrected chi connectivity index (χ4v) is 1.50. The monoisotopic (exact) mass is 272 g/mol. The van der Waals surface area contributed by atoms with Gasteiger partial charge in [-0.2, -0.15) is 0 Å². The summed E-state index contributed by atoms with van der Waals surface area (Å²) < 4.78 is 0. The fraction of sp³-hybridized carbons (Fsp3) is 0.733. The van der Waals surface area contributed by atoms with E-state index < -0.39 is 22.9 Å². The van der Waals surface area contributed by atoms with Crippen molar-refractivity contribution < 1.29 is 20.4 Å². The third-order valence-corrected chi connectivity index (χ3v) is 3.19. The van der Waals surface area contributed by atoms with E-state index in [2.05, 4.69) is 6.58 Å². The minimum Gasteiger partial charge on any atom is -0.390 e. The lowest BCUT2D eigenvalue weighted by Gasteiger charge is -2.27. The second-order valence-electron chi connectivity index (χ2n) is 6.23. The van der Waals surface area contributed by atoms with Crippen molar-refractivity contribution in [2.45, 2.75) is 69.9 Å². The molecule has 0 bridgehead atoms. The van der Waals surface area contributed by atoms with E-state index in [0.29, 0.717) is 19.3 Å². The molecule has 0 aromatic rings. The zero-order valence-corrected chi connectivity index (χ0v) is 12.4. The molecule has 4 N–H and O–H groups in total. The lowest BCUT2D eigenvalue weighted by atomic mass is 9.90. The molecular weight excluding hydrogens is 244 g/mol. The SMILES string of the molecule is C=CC(C)(O)CC=CC(C)(O)CCC(O)C(C)(C)O. The average Bonchev–Trinajstić information content (AvgIpc) is 2.24. The summed E-state index contributed by atoms with van der Waals surface area (Å²) in [6.45, 7) is 9.85. The molecule has 19 heavy (non-hydrogen) atoms. The van der Waals surface area contributed by atoms with Crippen molar-refractivity contribution in [1.82, 2.24) is 0 Å². The Labute approximate surface area is 116 Å². The van der Waals surface area contributed by atoms with Crippen molar-refractivity contribution >= 4 is 0 Å². The van der Waals surface area contributed by atoms with Crippen molar-refractivity contribution in [2.24, 2.45) is 0 Å². The summed E-state index contributed by atoms with van der Waals surface area (Å²) >= 11 is 0. The first kappa shape index (κ1) is 18.3. The van der Waals surface area contributed by atoms with Gasteiger partial charge in [0.2, 0.25) is 0 Å². The van der Waals surface area contributed by atoms with Crippen LogP contribution in [0, 0.1) is 0 Å². The molecule has 3 atom stereocenters. The zero-order chi connectivity index (χ0) is 15.3. The van der Waals surface area contributed by atoms with Crippen LogP contribution >= 0.6 is 0 Å². The molecule has 0 aliphatic heterocycles. The molecule has 0 aliphatic carbocycles. The summed E-state index contributed by atoms with van der Waals surface area (Å²) in [6.07, 6.45) is 4.83. The molecule has 3 unspecified atom stereocenters. The Morgan fingerprint density at radius 3 is 2.00 bits per heavy atom. The van der Waals surface area contributed by atoms with Crippen molar-refractivity contribution in [2.75, 3.05) is 0 Å². The maximum absolute atomic E-state index is 10.1. The number of aliphatic hydroxyl groups excluding tert-OH is 1. The smallest absolute Gasteiger partial charge is 0.0849 e. The highest BCUT2D eigenvalue weighted by Gasteiger charge is 2.27. The highest BCUT2D eigenvalue weighted by Crippen LogP contribution is 2.21. The molecule has 0 aromatic heterocycles. The lowest BCUT2D eigenvalue weighted by molar-refractivity contribution is -0.0591. The molecule has 0 saturated heterocycles. The predicted octanol–water partition coefficient (Wildman–Crippen LogP) is 1.53. The number of aliphatic hydroxyl groups is 4. The predicted molar refractivity (Wildman–Crippen MR) is 76.7 cm³/mol. The Morgan fingerprint density at radius 1 is 1.05 bits per heavy atom. The normalized spacial score (nSPS) is 20.8. The minimum absolute atomic E-state index is 0.290. The van der Waals surface area contributed by atoms with E-state index in [0.717, 1.165) is 0 Å². The average molecular weight is 272 g/mol. The summed E-state index contributed by atoms with van der Waals surface area (Å²) in [5.41, 5.74) is -3.24. The third-order valence-electron chi connectivity index (χ3n) is 3.19. The Bertz CT molecular complexity index is 311. The Hall–Kier alpha value is -0.680. The molecule has 0 amide bonds. The van der Waals surface area contributed by atoms with Gasteiger partial charge < -0.3 is 20.4 Å². The Kier molecular flexibility index (Phi) is 6.42. The summed E-state index contributed by atoms with van der Waals surface area (Å²) in [7, 11) is 0. The third kappa shape index (κ3) is 8.16. The van der Waals surface area contributed by atoms with Gasteiger partial charge in [-0.1, -0.05) is 18.2 Å². The van der Waals surface area contributed by atoms with Gasteiger partial charge in [0.05, 0.1) is 22.9 Å².